The maximum atomic E-state index is 12.1. The van der Waals surface area contributed by atoms with Crippen LogP contribution in [0.15, 0.2) is 42.5 Å². The van der Waals surface area contributed by atoms with Crippen LogP contribution in [0.2, 0.25) is 5.02 Å². The van der Waals surface area contributed by atoms with E-state index < -0.39 is 5.60 Å². The second-order valence-corrected chi connectivity index (χ2v) is 6.47. The van der Waals surface area contributed by atoms with Gasteiger partial charge in [-0.3, -0.25) is 0 Å². The van der Waals surface area contributed by atoms with Crippen LogP contribution in [-0.4, -0.2) is 11.6 Å². The highest BCUT2D eigenvalue weighted by Crippen LogP contribution is 2.26. The van der Waals surface area contributed by atoms with Gasteiger partial charge in [-0.05, 0) is 68.7 Å². The quantitative estimate of drug-likeness (QED) is 0.706. The van der Waals surface area contributed by atoms with Gasteiger partial charge in [0.1, 0.15) is 5.60 Å². The van der Waals surface area contributed by atoms with Crippen LogP contribution in [0.1, 0.15) is 36.7 Å². The van der Waals surface area contributed by atoms with Crippen LogP contribution >= 0.6 is 11.6 Å². The highest BCUT2D eigenvalue weighted by molar-refractivity contribution is 6.30. The molecule has 0 aliphatic heterocycles. The summed E-state index contributed by atoms with van der Waals surface area (Å²) < 4.78 is 5.38. The Balaban J connectivity index is 2.29. The minimum absolute atomic E-state index is 0.298. The van der Waals surface area contributed by atoms with Crippen LogP contribution in [0.5, 0.6) is 0 Å². The van der Waals surface area contributed by atoms with Crippen LogP contribution < -0.4 is 0 Å². The van der Waals surface area contributed by atoms with Crippen molar-refractivity contribution in [1.29, 1.82) is 0 Å². The number of benzene rings is 2. The van der Waals surface area contributed by atoms with Gasteiger partial charge in [0, 0.05) is 5.02 Å². The lowest BCUT2D eigenvalue weighted by Crippen LogP contribution is -2.23. The number of rotatable bonds is 2. The molecule has 2 aromatic rings. The Labute approximate surface area is 130 Å². The van der Waals surface area contributed by atoms with Crippen molar-refractivity contribution in [2.45, 2.75) is 33.3 Å². The van der Waals surface area contributed by atoms with Crippen LogP contribution in [-0.2, 0) is 4.74 Å². The highest BCUT2D eigenvalue weighted by atomic mass is 35.5. The summed E-state index contributed by atoms with van der Waals surface area (Å²) in [7, 11) is 0. The minimum atomic E-state index is -0.486. The fourth-order valence-electron chi connectivity index (χ4n) is 2.08. The zero-order valence-corrected chi connectivity index (χ0v) is 13.5. The molecule has 0 saturated carbocycles. The number of ether oxygens (including phenoxy) is 1. The standard InChI is InChI=1S/C18H19ClO2/c1-12-11-14(17(20)21-18(2,3)4)7-10-16(12)13-5-8-15(19)9-6-13/h5-11H,1-4H3. The SMILES string of the molecule is Cc1cc(C(=O)OC(C)(C)C)ccc1-c1ccc(Cl)cc1. The Morgan fingerprint density at radius 1 is 1.05 bits per heavy atom. The van der Waals surface area contributed by atoms with E-state index in [1.807, 2.05) is 64.1 Å². The van der Waals surface area contributed by atoms with Gasteiger partial charge in [-0.15, -0.1) is 0 Å². The van der Waals surface area contributed by atoms with E-state index in [1.54, 1.807) is 6.07 Å². The monoisotopic (exact) mass is 302 g/mol. The molecule has 0 fully saturated rings. The average Bonchev–Trinajstić information content (AvgIpc) is 2.38. The summed E-state index contributed by atoms with van der Waals surface area (Å²) in [6.07, 6.45) is 0. The van der Waals surface area contributed by atoms with Gasteiger partial charge < -0.3 is 4.74 Å². The first kappa shape index (κ1) is 15.6. The van der Waals surface area contributed by atoms with E-state index in [0.29, 0.717) is 10.6 Å². The van der Waals surface area contributed by atoms with E-state index in [0.717, 1.165) is 16.7 Å². The van der Waals surface area contributed by atoms with Crippen LogP contribution in [0.4, 0.5) is 0 Å². The maximum absolute atomic E-state index is 12.1. The normalized spacial score (nSPS) is 11.3. The molecular formula is C18H19ClO2. The molecule has 110 valence electrons. The number of carbonyl (C=O) groups excluding carboxylic acids is 1. The Morgan fingerprint density at radius 2 is 1.67 bits per heavy atom. The predicted molar refractivity (Wildman–Crippen MR) is 86.8 cm³/mol. The third-order valence-corrected chi connectivity index (χ3v) is 3.27. The predicted octanol–water partition coefficient (Wildman–Crippen LogP) is 5.27. The van der Waals surface area contributed by atoms with Crippen LogP contribution in [0.25, 0.3) is 11.1 Å². The number of aryl methyl sites for hydroxylation is 1. The summed E-state index contributed by atoms with van der Waals surface area (Å²) in [5, 5.41) is 0.710. The molecule has 0 bridgehead atoms. The summed E-state index contributed by atoms with van der Waals surface area (Å²) >= 11 is 5.91. The summed E-state index contributed by atoms with van der Waals surface area (Å²) in [5.41, 5.74) is 3.27. The van der Waals surface area contributed by atoms with E-state index in [2.05, 4.69) is 0 Å². The average molecular weight is 303 g/mol. The maximum Gasteiger partial charge on any atom is 0.338 e. The molecule has 0 unspecified atom stereocenters. The molecule has 0 atom stereocenters. The fraction of sp³-hybridized carbons (Fsp3) is 0.278. The molecule has 0 amide bonds. The summed E-state index contributed by atoms with van der Waals surface area (Å²) in [5.74, 6) is -0.298. The molecule has 0 aliphatic carbocycles. The Bertz CT molecular complexity index is 652. The van der Waals surface area contributed by atoms with Crippen molar-refractivity contribution in [3.05, 3.63) is 58.6 Å². The first-order valence-corrected chi connectivity index (χ1v) is 7.24. The molecule has 2 rings (SSSR count). The van der Waals surface area contributed by atoms with Crippen molar-refractivity contribution in [3.8, 4) is 11.1 Å². The molecule has 0 saturated heterocycles. The van der Waals surface area contributed by atoms with Gasteiger partial charge in [0.2, 0.25) is 0 Å². The van der Waals surface area contributed by atoms with Gasteiger partial charge in [0.25, 0.3) is 0 Å². The molecule has 0 aromatic heterocycles. The molecule has 3 heteroatoms. The molecule has 0 spiro atoms. The molecule has 21 heavy (non-hydrogen) atoms. The first-order chi connectivity index (χ1) is 9.76. The van der Waals surface area contributed by atoms with Crippen LogP contribution in [0.3, 0.4) is 0 Å². The van der Waals surface area contributed by atoms with Gasteiger partial charge in [0.05, 0.1) is 5.56 Å². The van der Waals surface area contributed by atoms with E-state index >= 15 is 0 Å². The number of esters is 1. The van der Waals surface area contributed by atoms with Crippen molar-refractivity contribution < 1.29 is 9.53 Å². The molecule has 0 heterocycles. The summed E-state index contributed by atoms with van der Waals surface area (Å²) in [6, 6.07) is 13.3. The van der Waals surface area contributed by atoms with Gasteiger partial charge >= 0.3 is 5.97 Å². The van der Waals surface area contributed by atoms with Gasteiger partial charge in [0.15, 0.2) is 0 Å². The second kappa shape index (κ2) is 5.90. The van der Waals surface area contributed by atoms with Crippen molar-refractivity contribution >= 4 is 17.6 Å². The summed E-state index contributed by atoms with van der Waals surface area (Å²) in [6.45, 7) is 7.57. The molecule has 0 radical (unpaired) electrons. The third kappa shape index (κ3) is 4.08. The molecule has 0 aliphatic rings. The first-order valence-electron chi connectivity index (χ1n) is 6.86. The lowest BCUT2D eigenvalue weighted by Gasteiger charge is -2.19. The molecule has 2 nitrogen and oxygen atoms in total. The zero-order valence-electron chi connectivity index (χ0n) is 12.7. The van der Waals surface area contributed by atoms with Crippen molar-refractivity contribution in [2.75, 3.05) is 0 Å². The van der Waals surface area contributed by atoms with Crippen molar-refractivity contribution in [2.24, 2.45) is 0 Å². The van der Waals surface area contributed by atoms with Crippen molar-refractivity contribution in [3.63, 3.8) is 0 Å². The third-order valence-electron chi connectivity index (χ3n) is 3.02. The largest absolute Gasteiger partial charge is 0.456 e. The smallest absolute Gasteiger partial charge is 0.338 e. The highest BCUT2D eigenvalue weighted by Gasteiger charge is 2.18. The zero-order chi connectivity index (χ0) is 15.6. The topological polar surface area (TPSA) is 26.3 Å². The minimum Gasteiger partial charge on any atom is -0.456 e. The van der Waals surface area contributed by atoms with Gasteiger partial charge in [-0.2, -0.15) is 0 Å². The number of halogens is 1. The molecule has 0 N–H and O–H groups in total. The van der Waals surface area contributed by atoms with Crippen molar-refractivity contribution in [1.82, 2.24) is 0 Å². The van der Waals surface area contributed by atoms with E-state index in [-0.39, 0.29) is 5.97 Å². The van der Waals surface area contributed by atoms with Gasteiger partial charge in [-0.1, -0.05) is 29.8 Å². The lowest BCUT2D eigenvalue weighted by atomic mass is 9.98. The fourth-order valence-corrected chi connectivity index (χ4v) is 2.21. The summed E-state index contributed by atoms with van der Waals surface area (Å²) in [4.78, 5) is 12.1. The number of hydrogen-bond acceptors (Lipinski definition) is 2. The molecular weight excluding hydrogens is 284 g/mol. The van der Waals surface area contributed by atoms with Crippen LogP contribution in [0, 0.1) is 6.92 Å². The second-order valence-electron chi connectivity index (χ2n) is 6.04. The number of carbonyl (C=O) groups is 1. The Hall–Kier alpha value is -1.80. The van der Waals surface area contributed by atoms with Gasteiger partial charge in [-0.25, -0.2) is 4.79 Å². The van der Waals surface area contributed by atoms with E-state index in [1.165, 1.54) is 0 Å². The Morgan fingerprint density at radius 3 is 2.19 bits per heavy atom. The van der Waals surface area contributed by atoms with E-state index in [9.17, 15) is 4.79 Å². The number of hydrogen-bond donors (Lipinski definition) is 0. The Kier molecular flexibility index (Phi) is 4.38. The molecule has 2 aromatic carbocycles. The van der Waals surface area contributed by atoms with E-state index in [4.69, 9.17) is 16.3 Å². The lowest BCUT2D eigenvalue weighted by molar-refractivity contribution is 0.00695.